The van der Waals surface area contributed by atoms with Gasteiger partial charge in [0.1, 0.15) is 0 Å². The normalized spacial score (nSPS) is 15.0. The summed E-state index contributed by atoms with van der Waals surface area (Å²) in [6.45, 7) is 2.96. The molecule has 26 heavy (non-hydrogen) atoms. The highest BCUT2D eigenvalue weighted by molar-refractivity contribution is 6.10. The molecule has 1 saturated heterocycles. The lowest BCUT2D eigenvalue weighted by Crippen LogP contribution is -2.39. The number of carbonyl (C=O) groups excluding carboxylic acids is 2. The third-order valence-electron chi connectivity index (χ3n) is 4.37. The van der Waals surface area contributed by atoms with E-state index in [1.807, 2.05) is 4.90 Å². The molecule has 2 heterocycles. The first-order valence-electron chi connectivity index (χ1n) is 8.24. The number of benzene rings is 1. The molecule has 0 atom stereocenters. The van der Waals surface area contributed by atoms with Crippen LogP contribution in [0.4, 0.5) is 5.69 Å². The van der Waals surface area contributed by atoms with Crippen molar-refractivity contribution in [3.05, 3.63) is 63.5 Å². The number of hydrogen-bond donors (Lipinski definition) is 0. The first-order valence-corrected chi connectivity index (χ1v) is 8.24. The van der Waals surface area contributed by atoms with Crippen LogP contribution in [0.5, 0.6) is 0 Å². The highest BCUT2D eigenvalue weighted by Crippen LogP contribution is 2.17. The number of Topliss-reactive ketones (excluding diaryl/α,β-unsaturated/α-hetero) is 1. The van der Waals surface area contributed by atoms with E-state index in [0.29, 0.717) is 49.7 Å². The first kappa shape index (κ1) is 18.0. The highest BCUT2D eigenvalue weighted by Gasteiger charge is 2.20. The minimum atomic E-state index is -0.515. The molecule has 0 amide bonds. The molecule has 0 unspecified atom stereocenters. The second kappa shape index (κ2) is 7.59. The molecule has 8 heteroatoms. The number of nitrogens with zero attached hydrogens (tertiary/aromatic N) is 3. The van der Waals surface area contributed by atoms with Gasteiger partial charge in [0.2, 0.25) is 5.78 Å². The van der Waals surface area contributed by atoms with E-state index < -0.39 is 4.92 Å². The van der Waals surface area contributed by atoms with Crippen molar-refractivity contribution in [3.8, 4) is 0 Å². The molecule has 0 radical (unpaired) electrons. The molecule has 0 aliphatic carbocycles. The van der Waals surface area contributed by atoms with Gasteiger partial charge in [-0.3, -0.25) is 24.6 Å². The van der Waals surface area contributed by atoms with Gasteiger partial charge in [0, 0.05) is 49.6 Å². The van der Waals surface area contributed by atoms with Crippen molar-refractivity contribution in [3.63, 3.8) is 0 Å². The molecule has 0 N–H and O–H groups in total. The Bertz CT molecular complexity index is 835. The van der Waals surface area contributed by atoms with Gasteiger partial charge >= 0.3 is 0 Å². The number of hydrogen-bond acceptors (Lipinski definition) is 6. The van der Waals surface area contributed by atoms with Gasteiger partial charge < -0.3 is 9.30 Å². The van der Waals surface area contributed by atoms with Gasteiger partial charge in [-0.05, 0) is 18.2 Å². The zero-order valence-electron chi connectivity index (χ0n) is 14.4. The van der Waals surface area contributed by atoms with E-state index in [1.165, 1.54) is 24.3 Å². The van der Waals surface area contributed by atoms with E-state index in [2.05, 4.69) is 0 Å². The van der Waals surface area contributed by atoms with E-state index in [4.69, 9.17) is 4.74 Å². The fourth-order valence-corrected chi connectivity index (χ4v) is 2.88. The lowest BCUT2D eigenvalue weighted by molar-refractivity contribution is -0.384. The van der Waals surface area contributed by atoms with Gasteiger partial charge in [0.15, 0.2) is 5.78 Å². The minimum Gasteiger partial charge on any atom is -0.379 e. The van der Waals surface area contributed by atoms with Crippen molar-refractivity contribution in [1.82, 2.24) is 9.47 Å². The van der Waals surface area contributed by atoms with Gasteiger partial charge in [-0.15, -0.1) is 0 Å². The number of carbonyl (C=O) groups is 2. The standard InChI is InChI=1S/C18H19N3O5/c1-19-11-14(17(22)12-20-6-8-26-9-7-20)10-16(19)18(23)13-2-4-15(5-3-13)21(24)25/h2-5,10-11H,6-9,12H2,1H3. The summed E-state index contributed by atoms with van der Waals surface area (Å²) in [4.78, 5) is 37.3. The molecule has 1 aromatic heterocycles. The quantitative estimate of drug-likeness (QED) is 0.443. The van der Waals surface area contributed by atoms with Crippen LogP contribution in [0.3, 0.4) is 0 Å². The van der Waals surface area contributed by atoms with Crippen molar-refractivity contribution in [1.29, 1.82) is 0 Å². The maximum absolute atomic E-state index is 12.6. The summed E-state index contributed by atoms with van der Waals surface area (Å²) in [5.41, 5.74) is 1.10. The minimum absolute atomic E-state index is 0.0507. The lowest BCUT2D eigenvalue weighted by atomic mass is 10.1. The Morgan fingerprint density at radius 1 is 1.15 bits per heavy atom. The fourth-order valence-electron chi connectivity index (χ4n) is 2.88. The van der Waals surface area contributed by atoms with Crippen LogP contribution >= 0.6 is 0 Å². The Morgan fingerprint density at radius 2 is 1.81 bits per heavy atom. The van der Waals surface area contributed by atoms with E-state index >= 15 is 0 Å². The summed E-state index contributed by atoms with van der Waals surface area (Å²) in [7, 11) is 1.70. The van der Waals surface area contributed by atoms with Crippen LogP contribution in [0.25, 0.3) is 0 Å². The predicted molar refractivity (Wildman–Crippen MR) is 93.5 cm³/mol. The van der Waals surface area contributed by atoms with Crippen LogP contribution < -0.4 is 0 Å². The predicted octanol–water partition coefficient (Wildman–Crippen LogP) is 1.68. The molecule has 1 fully saturated rings. The third-order valence-corrected chi connectivity index (χ3v) is 4.37. The first-order chi connectivity index (χ1) is 12.5. The largest absolute Gasteiger partial charge is 0.379 e. The number of ether oxygens (including phenoxy) is 1. The zero-order valence-corrected chi connectivity index (χ0v) is 14.4. The Morgan fingerprint density at radius 3 is 2.42 bits per heavy atom. The second-order valence-corrected chi connectivity index (χ2v) is 6.17. The zero-order chi connectivity index (χ0) is 18.7. The van der Waals surface area contributed by atoms with Gasteiger partial charge in [-0.1, -0.05) is 0 Å². The maximum Gasteiger partial charge on any atom is 0.269 e. The topological polar surface area (TPSA) is 94.7 Å². The van der Waals surface area contributed by atoms with Crippen molar-refractivity contribution in [2.45, 2.75) is 0 Å². The summed E-state index contributed by atoms with van der Waals surface area (Å²) in [6, 6.07) is 7.00. The van der Waals surface area contributed by atoms with Crippen LogP contribution in [0.1, 0.15) is 26.4 Å². The molecule has 3 rings (SSSR count). The second-order valence-electron chi connectivity index (χ2n) is 6.17. The molecule has 136 valence electrons. The SMILES string of the molecule is Cn1cc(C(=O)CN2CCOCC2)cc1C(=O)c1ccc([N+](=O)[O-])cc1. The summed E-state index contributed by atoms with van der Waals surface area (Å²) >= 11 is 0. The van der Waals surface area contributed by atoms with Crippen LogP contribution in [-0.4, -0.2) is 58.8 Å². The summed E-state index contributed by atoms with van der Waals surface area (Å²) in [5, 5.41) is 10.7. The Labute approximate surface area is 150 Å². The molecule has 1 aliphatic heterocycles. The molecule has 8 nitrogen and oxygen atoms in total. The lowest BCUT2D eigenvalue weighted by Gasteiger charge is -2.25. The van der Waals surface area contributed by atoms with Gasteiger partial charge in [-0.2, -0.15) is 0 Å². The molecule has 1 aromatic carbocycles. The maximum atomic E-state index is 12.6. The molecule has 0 bridgehead atoms. The van der Waals surface area contributed by atoms with Gasteiger partial charge in [0.05, 0.1) is 30.4 Å². The van der Waals surface area contributed by atoms with Crippen molar-refractivity contribution < 1.29 is 19.2 Å². The van der Waals surface area contributed by atoms with Crippen LogP contribution in [0, 0.1) is 10.1 Å². The van der Waals surface area contributed by atoms with Crippen LogP contribution in [-0.2, 0) is 11.8 Å². The number of aromatic nitrogens is 1. The summed E-state index contributed by atoms with van der Waals surface area (Å²) in [6.07, 6.45) is 1.64. The van der Waals surface area contributed by atoms with Crippen molar-refractivity contribution in [2.24, 2.45) is 7.05 Å². The average molecular weight is 357 g/mol. The Balaban J connectivity index is 1.75. The number of ketones is 2. The number of rotatable bonds is 6. The Hall–Kier alpha value is -2.84. The van der Waals surface area contributed by atoms with E-state index in [9.17, 15) is 19.7 Å². The number of non-ortho nitro benzene ring substituents is 1. The summed E-state index contributed by atoms with van der Waals surface area (Å²) in [5.74, 6) is -0.335. The Kier molecular flexibility index (Phi) is 5.24. The molecule has 0 saturated carbocycles. The number of nitro groups is 1. The monoisotopic (exact) mass is 357 g/mol. The number of nitro benzene ring substituents is 1. The molecular weight excluding hydrogens is 338 g/mol. The molecular formula is C18H19N3O5. The van der Waals surface area contributed by atoms with Crippen LogP contribution in [0.2, 0.25) is 0 Å². The molecule has 1 aliphatic rings. The smallest absolute Gasteiger partial charge is 0.269 e. The third kappa shape index (κ3) is 3.87. The van der Waals surface area contributed by atoms with Crippen LogP contribution in [0.15, 0.2) is 36.5 Å². The van der Waals surface area contributed by atoms with Crippen molar-refractivity contribution in [2.75, 3.05) is 32.8 Å². The fraction of sp³-hybridized carbons (Fsp3) is 0.333. The van der Waals surface area contributed by atoms with E-state index in [0.717, 1.165) is 0 Å². The van der Waals surface area contributed by atoms with Gasteiger partial charge in [-0.25, -0.2) is 0 Å². The van der Waals surface area contributed by atoms with Crippen molar-refractivity contribution >= 4 is 17.3 Å². The molecule has 0 spiro atoms. The highest BCUT2D eigenvalue weighted by atomic mass is 16.6. The number of morpholine rings is 1. The average Bonchev–Trinajstić information content (AvgIpc) is 3.04. The van der Waals surface area contributed by atoms with E-state index in [1.54, 1.807) is 23.9 Å². The summed E-state index contributed by atoms with van der Waals surface area (Å²) < 4.78 is 6.88. The van der Waals surface area contributed by atoms with E-state index in [-0.39, 0.29) is 17.3 Å². The number of aryl methyl sites for hydroxylation is 1. The van der Waals surface area contributed by atoms with Gasteiger partial charge in [0.25, 0.3) is 5.69 Å². The molecule has 2 aromatic rings.